The van der Waals surface area contributed by atoms with E-state index in [0.29, 0.717) is 5.92 Å². The van der Waals surface area contributed by atoms with Crippen molar-refractivity contribution >= 4 is 0 Å². The van der Waals surface area contributed by atoms with Crippen molar-refractivity contribution in [1.82, 2.24) is 4.57 Å². The van der Waals surface area contributed by atoms with E-state index in [1.165, 1.54) is 0 Å². The summed E-state index contributed by atoms with van der Waals surface area (Å²) >= 11 is 0. The van der Waals surface area contributed by atoms with E-state index in [2.05, 4.69) is 34.6 Å². The second-order valence-electron chi connectivity index (χ2n) is 5.27. The van der Waals surface area contributed by atoms with Crippen LogP contribution in [0.2, 0.25) is 0 Å². The standard InChI is InChI=1S/C12H20FN/c1-8(2)9-7-14(6)11(13)10(9)12(3,4)5/h7-8H,1-6H3. The number of hydrogen-bond acceptors (Lipinski definition) is 0. The zero-order valence-electron chi connectivity index (χ0n) is 9.98. The van der Waals surface area contributed by atoms with Crippen LogP contribution in [0.1, 0.15) is 51.7 Å². The van der Waals surface area contributed by atoms with Crippen LogP contribution in [0.4, 0.5) is 4.39 Å². The predicted octanol–water partition coefficient (Wildman–Crippen LogP) is 3.59. The van der Waals surface area contributed by atoms with Gasteiger partial charge in [-0.3, -0.25) is 0 Å². The molecule has 0 saturated heterocycles. The molecule has 0 aromatic carbocycles. The molecule has 1 rings (SSSR count). The van der Waals surface area contributed by atoms with Crippen molar-refractivity contribution in [2.24, 2.45) is 7.05 Å². The van der Waals surface area contributed by atoms with E-state index in [1.54, 1.807) is 11.6 Å². The van der Waals surface area contributed by atoms with Gasteiger partial charge in [0.2, 0.25) is 0 Å². The van der Waals surface area contributed by atoms with Crippen molar-refractivity contribution in [1.29, 1.82) is 0 Å². The van der Waals surface area contributed by atoms with Gasteiger partial charge in [-0.05, 0) is 16.9 Å². The number of hydrogen-bond donors (Lipinski definition) is 0. The molecule has 14 heavy (non-hydrogen) atoms. The van der Waals surface area contributed by atoms with E-state index in [1.807, 2.05) is 6.20 Å². The highest BCUT2D eigenvalue weighted by molar-refractivity contribution is 5.34. The Kier molecular flexibility index (Phi) is 2.75. The third kappa shape index (κ3) is 1.84. The maximum atomic E-state index is 13.8. The smallest absolute Gasteiger partial charge is 0.197 e. The van der Waals surface area contributed by atoms with Crippen LogP contribution in [-0.2, 0) is 12.5 Å². The van der Waals surface area contributed by atoms with Crippen LogP contribution in [0.3, 0.4) is 0 Å². The van der Waals surface area contributed by atoms with Crippen molar-refractivity contribution in [3.63, 3.8) is 0 Å². The minimum atomic E-state index is -0.120. The number of nitrogens with zero attached hydrogens (tertiary/aromatic N) is 1. The van der Waals surface area contributed by atoms with Gasteiger partial charge in [0.1, 0.15) is 0 Å². The molecule has 0 aliphatic heterocycles. The van der Waals surface area contributed by atoms with Crippen LogP contribution in [0.5, 0.6) is 0 Å². The van der Waals surface area contributed by atoms with Gasteiger partial charge in [0.15, 0.2) is 5.95 Å². The van der Waals surface area contributed by atoms with Crippen molar-refractivity contribution in [3.05, 3.63) is 23.3 Å². The zero-order valence-corrected chi connectivity index (χ0v) is 9.98. The minimum absolute atomic E-state index is 0.0961. The van der Waals surface area contributed by atoms with Crippen molar-refractivity contribution in [2.75, 3.05) is 0 Å². The molecule has 0 amide bonds. The summed E-state index contributed by atoms with van der Waals surface area (Å²) in [7, 11) is 1.76. The lowest BCUT2D eigenvalue weighted by Crippen LogP contribution is -2.15. The second-order valence-corrected chi connectivity index (χ2v) is 5.27. The van der Waals surface area contributed by atoms with E-state index in [4.69, 9.17) is 0 Å². The monoisotopic (exact) mass is 197 g/mol. The fourth-order valence-corrected chi connectivity index (χ4v) is 1.81. The molecule has 0 aliphatic rings. The topological polar surface area (TPSA) is 4.93 Å². The van der Waals surface area contributed by atoms with Crippen LogP contribution in [0, 0.1) is 5.95 Å². The van der Waals surface area contributed by atoms with E-state index in [-0.39, 0.29) is 11.4 Å². The van der Waals surface area contributed by atoms with Gasteiger partial charge in [-0.2, -0.15) is 4.39 Å². The first-order chi connectivity index (χ1) is 6.25. The van der Waals surface area contributed by atoms with Crippen molar-refractivity contribution in [3.8, 4) is 0 Å². The Hall–Kier alpha value is -0.790. The van der Waals surface area contributed by atoms with Gasteiger partial charge in [0.25, 0.3) is 0 Å². The molecule has 1 aromatic heterocycles. The van der Waals surface area contributed by atoms with Gasteiger partial charge >= 0.3 is 0 Å². The normalized spacial score (nSPS) is 12.6. The summed E-state index contributed by atoms with van der Waals surface area (Å²) in [5.41, 5.74) is 1.86. The highest BCUT2D eigenvalue weighted by Crippen LogP contribution is 2.33. The molecular weight excluding hydrogens is 177 g/mol. The predicted molar refractivity (Wildman–Crippen MR) is 58.2 cm³/mol. The number of rotatable bonds is 1. The lowest BCUT2D eigenvalue weighted by molar-refractivity contribution is 0.476. The van der Waals surface area contributed by atoms with Gasteiger partial charge < -0.3 is 4.57 Å². The van der Waals surface area contributed by atoms with Crippen molar-refractivity contribution in [2.45, 2.75) is 46.0 Å². The first-order valence-electron chi connectivity index (χ1n) is 5.10. The zero-order chi connectivity index (χ0) is 11.1. The fraction of sp³-hybridized carbons (Fsp3) is 0.667. The molecule has 0 bridgehead atoms. The largest absolute Gasteiger partial charge is 0.327 e. The maximum absolute atomic E-state index is 13.8. The van der Waals surface area contributed by atoms with Gasteiger partial charge in [-0.25, -0.2) is 0 Å². The lowest BCUT2D eigenvalue weighted by Gasteiger charge is -2.21. The van der Waals surface area contributed by atoms with Crippen LogP contribution in [0.25, 0.3) is 0 Å². The first kappa shape index (κ1) is 11.3. The average Bonchev–Trinajstić information content (AvgIpc) is 2.27. The van der Waals surface area contributed by atoms with Gasteiger partial charge in [0, 0.05) is 18.8 Å². The molecule has 0 saturated carbocycles. The summed E-state index contributed by atoms with van der Waals surface area (Å²) in [5, 5.41) is 0. The van der Waals surface area contributed by atoms with E-state index in [0.717, 1.165) is 11.1 Å². The molecule has 1 aromatic rings. The molecule has 0 radical (unpaired) electrons. The Labute approximate surface area is 85.9 Å². The van der Waals surface area contributed by atoms with Crippen LogP contribution >= 0.6 is 0 Å². The van der Waals surface area contributed by atoms with Crippen LogP contribution in [-0.4, -0.2) is 4.57 Å². The van der Waals surface area contributed by atoms with Crippen LogP contribution < -0.4 is 0 Å². The molecule has 2 heteroatoms. The first-order valence-corrected chi connectivity index (χ1v) is 5.10. The Morgan fingerprint density at radius 2 is 1.79 bits per heavy atom. The van der Waals surface area contributed by atoms with Crippen LogP contribution in [0.15, 0.2) is 6.20 Å². The Morgan fingerprint density at radius 1 is 1.29 bits per heavy atom. The van der Waals surface area contributed by atoms with Gasteiger partial charge in [0.05, 0.1) is 0 Å². The summed E-state index contributed by atoms with van der Waals surface area (Å²) < 4.78 is 15.4. The Morgan fingerprint density at radius 3 is 2.07 bits per heavy atom. The lowest BCUT2D eigenvalue weighted by atomic mass is 9.83. The Balaban J connectivity index is 3.38. The summed E-state index contributed by atoms with van der Waals surface area (Å²) in [6.45, 7) is 10.4. The molecule has 1 heterocycles. The molecule has 0 aliphatic carbocycles. The fourth-order valence-electron chi connectivity index (χ4n) is 1.81. The number of aromatic nitrogens is 1. The maximum Gasteiger partial charge on any atom is 0.197 e. The van der Waals surface area contributed by atoms with Crippen molar-refractivity contribution < 1.29 is 4.39 Å². The summed E-state index contributed by atoms with van der Waals surface area (Å²) in [4.78, 5) is 0. The van der Waals surface area contributed by atoms with E-state index in [9.17, 15) is 4.39 Å². The molecular formula is C12H20FN. The molecule has 1 nitrogen and oxygen atoms in total. The molecule has 0 unspecified atom stereocenters. The molecule has 0 N–H and O–H groups in total. The minimum Gasteiger partial charge on any atom is -0.327 e. The summed E-state index contributed by atoms with van der Waals surface area (Å²) in [6, 6.07) is 0. The third-order valence-electron chi connectivity index (χ3n) is 2.51. The molecule has 0 atom stereocenters. The summed E-state index contributed by atoms with van der Waals surface area (Å²) in [5.74, 6) is 0.279. The van der Waals surface area contributed by atoms with Gasteiger partial charge in [-0.1, -0.05) is 34.6 Å². The second kappa shape index (κ2) is 3.41. The van der Waals surface area contributed by atoms with E-state index < -0.39 is 0 Å². The molecule has 0 fully saturated rings. The summed E-state index contributed by atoms with van der Waals surface area (Å²) in [6.07, 6.45) is 1.90. The SMILES string of the molecule is CC(C)c1cn(C)c(F)c1C(C)(C)C. The highest BCUT2D eigenvalue weighted by atomic mass is 19.1. The number of aryl methyl sites for hydroxylation is 1. The third-order valence-corrected chi connectivity index (χ3v) is 2.51. The van der Waals surface area contributed by atoms with Gasteiger partial charge in [-0.15, -0.1) is 0 Å². The highest BCUT2D eigenvalue weighted by Gasteiger charge is 2.26. The molecule has 80 valence electrons. The number of halogens is 1. The van der Waals surface area contributed by atoms with E-state index >= 15 is 0 Å². The molecule has 0 spiro atoms. The quantitative estimate of drug-likeness (QED) is 0.648. The average molecular weight is 197 g/mol. The Bertz CT molecular complexity index is 329.